The van der Waals surface area contributed by atoms with Gasteiger partial charge in [-0.15, -0.1) is 0 Å². The molecule has 1 heterocycles. The van der Waals surface area contributed by atoms with Crippen LogP contribution in [0.15, 0.2) is 10.5 Å². The Labute approximate surface area is 107 Å². The van der Waals surface area contributed by atoms with E-state index in [1.807, 2.05) is 26.8 Å². The van der Waals surface area contributed by atoms with E-state index in [1.165, 1.54) is 0 Å². The van der Waals surface area contributed by atoms with Crippen molar-refractivity contribution in [1.82, 2.24) is 5.32 Å². The number of hydrogen-bond donors (Lipinski definition) is 2. The Balaban J connectivity index is 2.05. The van der Waals surface area contributed by atoms with E-state index in [0.717, 1.165) is 29.9 Å². The highest BCUT2D eigenvalue weighted by atomic mass is 16.3. The zero-order valence-corrected chi connectivity index (χ0v) is 11.2. The predicted molar refractivity (Wildman–Crippen MR) is 68.2 cm³/mol. The van der Waals surface area contributed by atoms with Crippen molar-refractivity contribution < 1.29 is 14.3 Å². The molecule has 0 aliphatic heterocycles. The minimum atomic E-state index is -1.17. The molecule has 1 aliphatic carbocycles. The number of nitrogens with one attached hydrogen (secondary N) is 1. The van der Waals surface area contributed by atoms with Crippen LogP contribution in [0.5, 0.6) is 0 Å². The first kappa shape index (κ1) is 13.1. The van der Waals surface area contributed by atoms with E-state index in [2.05, 4.69) is 5.32 Å². The Morgan fingerprint density at radius 1 is 1.44 bits per heavy atom. The molecule has 1 fully saturated rings. The molecule has 2 rings (SSSR count). The second-order valence-corrected chi connectivity index (χ2v) is 5.30. The summed E-state index contributed by atoms with van der Waals surface area (Å²) in [7, 11) is 0. The molecule has 1 aromatic heterocycles. The largest absolute Gasteiger partial charge is 0.466 e. The summed E-state index contributed by atoms with van der Waals surface area (Å²) in [6, 6.07) is 1.79. The Morgan fingerprint density at radius 2 is 2.06 bits per heavy atom. The molecule has 0 saturated heterocycles. The fourth-order valence-corrected chi connectivity index (χ4v) is 2.68. The maximum absolute atomic E-state index is 12.1. The van der Waals surface area contributed by atoms with Gasteiger partial charge in [0.25, 0.3) is 5.91 Å². The van der Waals surface area contributed by atoms with Crippen LogP contribution in [0.2, 0.25) is 0 Å². The van der Waals surface area contributed by atoms with Crippen molar-refractivity contribution in [1.29, 1.82) is 0 Å². The Bertz CT molecular complexity index is 444. The van der Waals surface area contributed by atoms with Crippen LogP contribution in [-0.2, 0) is 4.79 Å². The minimum Gasteiger partial charge on any atom is -0.466 e. The lowest BCUT2D eigenvalue weighted by Gasteiger charge is -2.23. The molecule has 4 nitrogen and oxygen atoms in total. The Hall–Kier alpha value is -1.29. The van der Waals surface area contributed by atoms with Crippen molar-refractivity contribution in [3.05, 3.63) is 23.2 Å². The quantitative estimate of drug-likeness (QED) is 0.867. The maximum atomic E-state index is 12.1. The molecular weight excluding hydrogens is 230 g/mol. The van der Waals surface area contributed by atoms with Crippen LogP contribution in [0.1, 0.15) is 55.7 Å². The molecule has 18 heavy (non-hydrogen) atoms. The number of amides is 1. The number of carbonyl (C=O) groups excluding carboxylic acids is 1. The van der Waals surface area contributed by atoms with Crippen molar-refractivity contribution in [2.75, 3.05) is 0 Å². The lowest BCUT2D eigenvalue weighted by atomic mass is 10.00. The average molecular weight is 251 g/mol. The van der Waals surface area contributed by atoms with Gasteiger partial charge in [-0.2, -0.15) is 0 Å². The van der Waals surface area contributed by atoms with Gasteiger partial charge in [0.15, 0.2) is 0 Å². The third-order valence-corrected chi connectivity index (χ3v) is 3.75. The first-order valence-electron chi connectivity index (χ1n) is 6.53. The van der Waals surface area contributed by atoms with E-state index in [4.69, 9.17) is 4.42 Å². The molecule has 4 heteroatoms. The SMILES string of the molecule is Cc1cc(C(C)NC(=O)C2(O)CCCC2)c(C)o1. The van der Waals surface area contributed by atoms with E-state index >= 15 is 0 Å². The molecular formula is C14H21NO3. The van der Waals surface area contributed by atoms with Gasteiger partial charge in [-0.25, -0.2) is 0 Å². The molecule has 1 atom stereocenters. The molecule has 1 aliphatic rings. The van der Waals surface area contributed by atoms with E-state index < -0.39 is 5.60 Å². The van der Waals surface area contributed by atoms with Crippen molar-refractivity contribution in [2.45, 2.75) is 58.1 Å². The Kier molecular flexibility index (Phi) is 3.48. The molecule has 2 N–H and O–H groups in total. The highest BCUT2D eigenvalue weighted by Crippen LogP contribution is 2.30. The van der Waals surface area contributed by atoms with Crippen LogP contribution in [0.3, 0.4) is 0 Å². The zero-order valence-electron chi connectivity index (χ0n) is 11.2. The molecule has 0 bridgehead atoms. The number of aliphatic hydroxyl groups is 1. The predicted octanol–water partition coefficient (Wildman–Crippen LogP) is 2.38. The smallest absolute Gasteiger partial charge is 0.252 e. The summed E-state index contributed by atoms with van der Waals surface area (Å²) in [5, 5.41) is 13.1. The summed E-state index contributed by atoms with van der Waals surface area (Å²) >= 11 is 0. The second kappa shape index (κ2) is 4.76. The maximum Gasteiger partial charge on any atom is 0.252 e. The van der Waals surface area contributed by atoms with Crippen LogP contribution in [0.25, 0.3) is 0 Å². The summed E-state index contributed by atoms with van der Waals surface area (Å²) < 4.78 is 5.45. The molecule has 0 radical (unpaired) electrons. The third-order valence-electron chi connectivity index (χ3n) is 3.75. The number of hydrogen-bond acceptors (Lipinski definition) is 3. The summed E-state index contributed by atoms with van der Waals surface area (Å²) in [5.41, 5.74) is -0.191. The van der Waals surface area contributed by atoms with Crippen LogP contribution in [0.4, 0.5) is 0 Å². The number of carbonyl (C=O) groups is 1. The average Bonchev–Trinajstić information content (AvgIpc) is 2.86. The second-order valence-electron chi connectivity index (χ2n) is 5.30. The first-order valence-corrected chi connectivity index (χ1v) is 6.53. The first-order chi connectivity index (χ1) is 8.42. The van der Waals surface area contributed by atoms with Gasteiger partial charge in [-0.1, -0.05) is 0 Å². The van der Waals surface area contributed by atoms with Gasteiger partial charge in [0, 0.05) is 5.56 Å². The van der Waals surface area contributed by atoms with Crippen molar-refractivity contribution >= 4 is 5.91 Å². The van der Waals surface area contributed by atoms with Gasteiger partial charge >= 0.3 is 0 Å². The lowest BCUT2D eigenvalue weighted by molar-refractivity contribution is -0.139. The van der Waals surface area contributed by atoms with Gasteiger partial charge in [0.2, 0.25) is 0 Å². The van der Waals surface area contributed by atoms with Crippen LogP contribution in [0, 0.1) is 13.8 Å². The van der Waals surface area contributed by atoms with Crippen LogP contribution >= 0.6 is 0 Å². The summed E-state index contributed by atoms with van der Waals surface area (Å²) in [6.45, 7) is 5.68. The monoisotopic (exact) mass is 251 g/mol. The summed E-state index contributed by atoms with van der Waals surface area (Å²) in [6.07, 6.45) is 2.97. The van der Waals surface area contributed by atoms with Gasteiger partial charge in [0.1, 0.15) is 17.1 Å². The van der Waals surface area contributed by atoms with Gasteiger partial charge < -0.3 is 14.8 Å². The molecule has 0 aromatic carbocycles. The molecule has 0 spiro atoms. The normalized spacial score (nSPS) is 19.8. The fraction of sp³-hybridized carbons (Fsp3) is 0.643. The van der Waals surface area contributed by atoms with Gasteiger partial charge in [-0.05, 0) is 52.5 Å². The van der Waals surface area contributed by atoms with Gasteiger partial charge in [-0.3, -0.25) is 4.79 Å². The molecule has 1 amide bonds. The van der Waals surface area contributed by atoms with Crippen molar-refractivity contribution in [3.63, 3.8) is 0 Å². The molecule has 1 saturated carbocycles. The summed E-state index contributed by atoms with van der Waals surface area (Å²) in [4.78, 5) is 12.1. The topological polar surface area (TPSA) is 62.5 Å². The minimum absolute atomic E-state index is 0.139. The highest BCUT2D eigenvalue weighted by molar-refractivity contribution is 5.85. The van der Waals surface area contributed by atoms with Gasteiger partial charge in [0.05, 0.1) is 6.04 Å². The van der Waals surface area contributed by atoms with Crippen LogP contribution in [-0.4, -0.2) is 16.6 Å². The van der Waals surface area contributed by atoms with Crippen molar-refractivity contribution in [2.24, 2.45) is 0 Å². The van der Waals surface area contributed by atoms with E-state index in [1.54, 1.807) is 0 Å². The number of aryl methyl sites for hydroxylation is 2. The number of rotatable bonds is 3. The van der Waals surface area contributed by atoms with Crippen molar-refractivity contribution in [3.8, 4) is 0 Å². The highest BCUT2D eigenvalue weighted by Gasteiger charge is 2.39. The Morgan fingerprint density at radius 3 is 2.56 bits per heavy atom. The van der Waals surface area contributed by atoms with E-state index in [0.29, 0.717) is 12.8 Å². The summed E-state index contributed by atoms with van der Waals surface area (Å²) in [5.74, 6) is 1.40. The molecule has 100 valence electrons. The fourth-order valence-electron chi connectivity index (χ4n) is 2.68. The van der Waals surface area contributed by atoms with Crippen LogP contribution < -0.4 is 5.32 Å². The lowest BCUT2D eigenvalue weighted by Crippen LogP contribution is -2.45. The van der Waals surface area contributed by atoms with E-state index in [-0.39, 0.29) is 11.9 Å². The zero-order chi connectivity index (χ0) is 13.3. The third kappa shape index (κ3) is 2.43. The number of furan rings is 1. The standard InChI is InChI=1S/C14H21NO3/c1-9-8-12(11(3)18-9)10(2)15-13(16)14(17)6-4-5-7-14/h8,10,17H,4-7H2,1-3H3,(H,15,16). The van der Waals surface area contributed by atoms with E-state index in [9.17, 15) is 9.90 Å². The molecule has 1 aromatic rings. The molecule has 1 unspecified atom stereocenters.